The second kappa shape index (κ2) is 9.41. The number of amides is 1. The van der Waals surface area contributed by atoms with E-state index >= 15 is 0 Å². The van der Waals surface area contributed by atoms with Crippen molar-refractivity contribution in [2.24, 2.45) is 0 Å². The minimum Gasteiger partial charge on any atom is -0.492 e. The minimum absolute atomic E-state index is 0.0428. The zero-order valence-electron chi connectivity index (χ0n) is 20.2. The molecule has 1 aromatic heterocycles. The van der Waals surface area contributed by atoms with Gasteiger partial charge in [0.05, 0.1) is 12.0 Å². The number of nitrogens with zero attached hydrogens (tertiary/aromatic N) is 1. The number of fused-ring (bicyclic) bond motifs is 1. The van der Waals surface area contributed by atoms with Gasteiger partial charge in [0.15, 0.2) is 10.7 Å². The molecule has 1 amide bonds. The molecule has 0 saturated carbocycles. The number of benzene rings is 2. The van der Waals surface area contributed by atoms with Crippen LogP contribution in [0.2, 0.25) is 0 Å². The molecule has 10 heteroatoms. The third-order valence-electron chi connectivity index (χ3n) is 5.33. The van der Waals surface area contributed by atoms with E-state index in [0.29, 0.717) is 12.1 Å². The van der Waals surface area contributed by atoms with Crippen molar-refractivity contribution in [2.75, 3.05) is 24.6 Å². The molecule has 1 fully saturated rings. The summed E-state index contributed by atoms with van der Waals surface area (Å²) in [6.07, 6.45) is 1.67. The first-order valence-electron chi connectivity index (χ1n) is 11.5. The highest BCUT2D eigenvalue weighted by Gasteiger charge is 2.31. The Labute approximate surface area is 204 Å². The maximum atomic E-state index is 14.7. The minimum atomic E-state index is -4.45. The average Bonchev–Trinajstić information content (AvgIpc) is 3.14. The van der Waals surface area contributed by atoms with E-state index < -0.39 is 27.3 Å². The van der Waals surface area contributed by atoms with E-state index in [2.05, 4.69) is 0 Å². The Kier molecular flexibility index (Phi) is 6.68. The number of rotatable bonds is 8. The number of halogens is 1. The summed E-state index contributed by atoms with van der Waals surface area (Å²) >= 11 is 0. The lowest BCUT2D eigenvalue weighted by molar-refractivity contribution is 0.0956. The lowest BCUT2D eigenvalue weighted by Gasteiger charge is -2.33. The van der Waals surface area contributed by atoms with Crippen LogP contribution in [0.3, 0.4) is 0 Å². The summed E-state index contributed by atoms with van der Waals surface area (Å²) in [6.45, 7) is 9.12. The van der Waals surface area contributed by atoms with Crippen LogP contribution in [-0.4, -0.2) is 39.6 Å². The number of sulfonamides is 1. The van der Waals surface area contributed by atoms with Gasteiger partial charge in [-0.05, 0) is 51.8 Å². The molecule has 0 unspecified atom stereocenters. The van der Waals surface area contributed by atoms with Gasteiger partial charge in [-0.25, -0.2) is 17.5 Å². The Morgan fingerprint density at radius 1 is 1.17 bits per heavy atom. The summed E-state index contributed by atoms with van der Waals surface area (Å²) in [4.78, 5) is 14.6. The van der Waals surface area contributed by atoms with Crippen molar-refractivity contribution >= 4 is 32.6 Å². The molecule has 1 N–H and O–H groups in total. The summed E-state index contributed by atoms with van der Waals surface area (Å²) in [5.74, 6) is -1.80. The monoisotopic (exact) mass is 504 g/mol. The topological polar surface area (TPSA) is 98.1 Å². The van der Waals surface area contributed by atoms with E-state index in [9.17, 15) is 17.6 Å². The molecular weight excluding hydrogens is 475 g/mol. The third-order valence-corrected chi connectivity index (χ3v) is 6.73. The molecule has 2 aromatic carbocycles. The van der Waals surface area contributed by atoms with E-state index in [-0.39, 0.29) is 39.7 Å². The SMILES string of the molecule is CCCOc1cccc(OC(C)(C)C)c1S(=O)(=O)NC(=O)c1cc2c(F)cc(N3CCC3)cc2o1. The number of carbonyl (C=O) groups is 1. The van der Waals surface area contributed by atoms with Crippen LogP contribution >= 0.6 is 0 Å². The molecule has 0 aliphatic carbocycles. The van der Waals surface area contributed by atoms with Gasteiger partial charge in [-0.15, -0.1) is 0 Å². The molecule has 0 atom stereocenters. The first-order valence-corrected chi connectivity index (χ1v) is 13.0. The Hall–Kier alpha value is -3.27. The average molecular weight is 505 g/mol. The van der Waals surface area contributed by atoms with E-state index in [0.717, 1.165) is 19.5 Å². The maximum Gasteiger partial charge on any atom is 0.300 e. The highest BCUT2D eigenvalue weighted by Crippen LogP contribution is 2.36. The van der Waals surface area contributed by atoms with Crippen molar-refractivity contribution in [2.45, 2.75) is 51.0 Å². The van der Waals surface area contributed by atoms with E-state index in [4.69, 9.17) is 13.9 Å². The highest BCUT2D eigenvalue weighted by molar-refractivity contribution is 7.90. The molecule has 3 aromatic rings. The number of anilines is 1. The van der Waals surface area contributed by atoms with Gasteiger partial charge in [-0.2, -0.15) is 0 Å². The van der Waals surface area contributed by atoms with Crippen LogP contribution in [0.15, 0.2) is 45.7 Å². The number of carbonyl (C=O) groups excluding carboxylic acids is 1. The van der Waals surface area contributed by atoms with Gasteiger partial charge in [0, 0.05) is 30.9 Å². The summed E-state index contributed by atoms with van der Waals surface area (Å²) in [5, 5.41) is 0.0975. The highest BCUT2D eigenvalue weighted by atomic mass is 32.2. The number of hydrogen-bond acceptors (Lipinski definition) is 7. The van der Waals surface area contributed by atoms with Crippen LogP contribution in [0.5, 0.6) is 11.5 Å². The fraction of sp³-hybridized carbons (Fsp3) is 0.400. The van der Waals surface area contributed by atoms with Gasteiger partial charge in [0.25, 0.3) is 10.0 Å². The molecule has 8 nitrogen and oxygen atoms in total. The van der Waals surface area contributed by atoms with Gasteiger partial charge in [0.2, 0.25) is 0 Å². The van der Waals surface area contributed by atoms with E-state index in [1.54, 1.807) is 32.9 Å². The molecule has 1 aliphatic heterocycles. The lowest BCUT2D eigenvalue weighted by Crippen LogP contribution is -2.36. The molecule has 35 heavy (non-hydrogen) atoms. The van der Waals surface area contributed by atoms with Gasteiger partial charge < -0.3 is 18.8 Å². The maximum absolute atomic E-state index is 14.7. The lowest BCUT2D eigenvalue weighted by atomic mass is 10.1. The van der Waals surface area contributed by atoms with Crippen molar-refractivity contribution in [3.8, 4) is 11.5 Å². The van der Waals surface area contributed by atoms with Crippen LogP contribution in [0.1, 0.15) is 51.1 Å². The summed E-state index contributed by atoms with van der Waals surface area (Å²) in [7, 11) is -4.45. The van der Waals surface area contributed by atoms with E-state index in [1.807, 2.05) is 16.5 Å². The predicted octanol–water partition coefficient (Wildman–Crippen LogP) is 4.87. The molecule has 0 bridgehead atoms. The molecular formula is C25H29FN2O6S. The second-order valence-electron chi connectivity index (χ2n) is 9.37. The van der Waals surface area contributed by atoms with Crippen LogP contribution in [0.4, 0.5) is 10.1 Å². The Morgan fingerprint density at radius 3 is 2.51 bits per heavy atom. The quantitative estimate of drug-likeness (QED) is 0.467. The molecule has 1 saturated heterocycles. The van der Waals surface area contributed by atoms with Crippen molar-refractivity contribution in [1.29, 1.82) is 0 Å². The fourth-order valence-electron chi connectivity index (χ4n) is 3.67. The number of nitrogens with one attached hydrogen (secondary N) is 1. The van der Waals surface area contributed by atoms with Crippen LogP contribution < -0.4 is 19.1 Å². The first-order chi connectivity index (χ1) is 16.5. The molecule has 2 heterocycles. The Balaban J connectivity index is 1.67. The summed E-state index contributed by atoms with van der Waals surface area (Å²) in [6, 6.07) is 8.83. The van der Waals surface area contributed by atoms with Gasteiger partial charge in [-0.1, -0.05) is 13.0 Å². The molecule has 0 radical (unpaired) electrons. The Morgan fingerprint density at radius 2 is 1.89 bits per heavy atom. The normalized spacial score (nSPS) is 14.0. The summed E-state index contributed by atoms with van der Waals surface area (Å²) < 4.78 is 60.5. The van der Waals surface area contributed by atoms with Crippen molar-refractivity contribution in [1.82, 2.24) is 4.72 Å². The molecule has 188 valence electrons. The largest absolute Gasteiger partial charge is 0.492 e. The van der Waals surface area contributed by atoms with Gasteiger partial charge in [0.1, 0.15) is 28.5 Å². The molecule has 1 aliphatic rings. The van der Waals surface area contributed by atoms with Gasteiger partial charge in [-0.3, -0.25) is 4.79 Å². The van der Waals surface area contributed by atoms with Gasteiger partial charge >= 0.3 is 5.91 Å². The van der Waals surface area contributed by atoms with Crippen molar-refractivity contribution < 1.29 is 31.5 Å². The van der Waals surface area contributed by atoms with Crippen LogP contribution in [-0.2, 0) is 10.0 Å². The van der Waals surface area contributed by atoms with Crippen molar-refractivity contribution in [3.63, 3.8) is 0 Å². The summed E-state index contributed by atoms with van der Waals surface area (Å²) in [5.41, 5.74) is 0.112. The van der Waals surface area contributed by atoms with Crippen LogP contribution in [0, 0.1) is 5.82 Å². The third kappa shape index (κ3) is 5.37. The molecule has 0 spiro atoms. The molecule has 4 rings (SSSR count). The zero-order valence-corrected chi connectivity index (χ0v) is 21.0. The van der Waals surface area contributed by atoms with Crippen molar-refractivity contribution in [3.05, 3.63) is 48.0 Å². The van der Waals surface area contributed by atoms with Crippen LogP contribution in [0.25, 0.3) is 11.0 Å². The predicted molar refractivity (Wildman–Crippen MR) is 130 cm³/mol. The fourth-order valence-corrected chi connectivity index (χ4v) is 4.88. The number of furan rings is 1. The smallest absolute Gasteiger partial charge is 0.300 e. The standard InChI is InChI=1S/C25H29FN2O6S/c1-5-12-32-19-8-6-9-20(34-25(2,3)4)23(19)35(30,31)27-24(29)22-15-17-18(26)13-16(14-21(17)33-22)28-10-7-11-28/h6,8-9,13-15H,5,7,10-12H2,1-4H3,(H,27,29). The Bertz CT molecular complexity index is 1360. The number of hydrogen-bond donors (Lipinski definition) is 1. The second-order valence-corrected chi connectivity index (χ2v) is 11.0. The number of ether oxygens (including phenoxy) is 2. The van der Waals surface area contributed by atoms with E-state index in [1.165, 1.54) is 24.3 Å². The first kappa shape index (κ1) is 24.8. The zero-order chi connectivity index (χ0) is 25.4.